The number of likely N-dealkylation sites (tertiary alicyclic amines) is 1. The van der Waals surface area contributed by atoms with Crippen LogP contribution in [0.1, 0.15) is 102 Å². The number of phenolic OH excluding ortho intramolecular Hbond substituents is 1. The number of phenols is 1. The SMILES string of the molecule is CCCCCc1cc2c(c(O)c1C)[C@@H]1C=C(C)CC[C@H]1C(C)(C)O2.OCC[NH+]1CCCCC1. The number of allylic oxidation sites excluding steroid dienone is 2. The molecule has 186 valence electrons. The quantitative estimate of drug-likeness (QED) is 0.411. The molecule has 2 heterocycles. The lowest BCUT2D eigenvalue weighted by Gasteiger charge is -2.46. The molecule has 1 saturated heterocycles. The molecule has 2 atom stereocenters. The van der Waals surface area contributed by atoms with Crippen LogP contribution in [0.5, 0.6) is 11.5 Å². The van der Waals surface area contributed by atoms with E-state index in [9.17, 15) is 5.11 Å². The monoisotopic (exact) mass is 458 g/mol. The Morgan fingerprint density at radius 3 is 2.52 bits per heavy atom. The number of ether oxygens (including phenoxy) is 1. The Kier molecular flexibility index (Phi) is 9.29. The van der Waals surface area contributed by atoms with Gasteiger partial charge in [-0.2, -0.15) is 0 Å². The molecule has 3 N–H and O–H groups in total. The lowest BCUT2D eigenvalue weighted by molar-refractivity contribution is -0.905. The number of rotatable bonds is 6. The molecule has 3 aliphatic rings. The zero-order chi connectivity index (χ0) is 24.0. The highest BCUT2D eigenvalue weighted by Crippen LogP contribution is 2.54. The first-order chi connectivity index (χ1) is 15.8. The second-order valence-corrected chi connectivity index (χ2v) is 11.1. The van der Waals surface area contributed by atoms with E-state index in [1.54, 1.807) is 4.90 Å². The topological polar surface area (TPSA) is 54.1 Å². The standard InChI is InChI=1S/C22H32O2.C7H15NO/c1-6-7-8-9-16-13-19-20(21(23)15(16)3)17-12-14(2)10-11-18(17)22(4,5)24-19;9-7-6-8-4-2-1-3-5-8/h12-13,17-18,23H,6-11H2,1-5H3;9H,1-7H2/p+1/t17-,18-;/m1./s1. The molecule has 4 nitrogen and oxygen atoms in total. The van der Waals surface area contributed by atoms with E-state index in [0.717, 1.165) is 42.7 Å². The molecule has 0 saturated carbocycles. The molecule has 1 aromatic rings. The van der Waals surface area contributed by atoms with Crippen LogP contribution in [0.4, 0.5) is 0 Å². The lowest BCUT2D eigenvalue weighted by atomic mass is 9.67. The van der Waals surface area contributed by atoms with Crippen LogP contribution in [-0.2, 0) is 6.42 Å². The summed E-state index contributed by atoms with van der Waals surface area (Å²) in [5.41, 5.74) is 4.56. The molecule has 0 unspecified atom stereocenters. The summed E-state index contributed by atoms with van der Waals surface area (Å²) in [5.74, 6) is 2.09. The molecule has 0 radical (unpaired) electrons. The van der Waals surface area contributed by atoms with Crippen LogP contribution in [0.3, 0.4) is 0 Å². The van der Waals surface area contributed by atoms with Gasteiger partial charge in [-0.1, -0.05) is 31.4 Å². The van der Waals surface area contributed by atoms with Crippen molar-refractivity contribution in [1.82, 2.24) is 0 Å². The fourth-order valence-corrected chi connectivity index (χ4v) is 6.00. The molecule has 0 spiro atoms. The molecule has 1 aromatic carbocycles. The maximum atomic E-state index is 11.0. The van der Waals surface area contributed by atoms with Gasteiger partial charge in [0.2, 0.25) is 0 Å². The predicted octanol–water partition coefficient (Wildman–Crippen LogP) is 5.09. The van der Waals surface area contributed by atoms with E-state index in [0.29, 0.717) is 18.3 Å². The third-order valence-electron chi connectivity index (χ3n) is 8.09. The number of benzene rings is 1. The van der Waals surface area contributed by atoms with Gasteiger partial charge >= 0.3 is 0 Å². The zero-order valence-corrected chi connectivity index (χ0v) is 21.8. The normalized spacial score (nSPS) is 24.0. The fraction of sp³-hybridized carbons (Fsp3) is 0.724. The minimum absolute atomic E-state index is 0.183. The van der Waals surface area contributed by atoms with Crippen molar-refractivity contribution in [3.8, 4) is 11.5 Å². The smallest absolute Gasteiger partial charge is 0.127 e. The Balaban J connectivity index is 0.000000286. The van der Waals surface area contributed by atoms with Crippen molar-refractivity contribution in [2.24, 2.45) is 5.92 Å². The highest BCUT2D eigenvalue weighted by Gasteiger charge is 2.45. The van der Waals surface area contributed by atoms with E-state index in [-0.39, 0.29) is 11.5 Å². The molecule has 1 fully saturated rings. The molecule has 2 aliphatic heterocycles. The maximum Gasteiger partial charge on any atom is 0.127 e. The summed E-state index contributed by atoms with van der Waals surface area (Å²) in [7, 11) is 0. The van der Waals surface area contributed by atoms with Gasteiger partial charge < -0.3 is 19.8 Å². The highest BCUT2D eigenvalue weighted by molar-refractivity contribution is 5.58. The predicted molar refractivity (Wildman–Crippen MR) is 137 cm³/mol. The molecular formula is C29H48NO3+. The second-order valence-electron chi connectivity index (χ2n) is 11.1. The summed E-state index contributed by atoms with van der Waals surface area (Å²) < 4.78 is 6.42. The van der Waals surface area contributed by atoms with Gasteiger partial charge in [0.25, 0.3) is 0 Å². The van der Waals surface area contributed by atoms with E-state index < -0.39 is 0 Å². The van der Waals surface area contributed by atoms with Gasteiger partial charge in [-0.25, -0.2) is 0 Å². The first-order valence-electron chi connectivity index (χ1n) is 13.4. The molecule has 0 bridgehead atoms. The van der Waals surface area contributed by atoms with Crippen LogP contribution >= 0.6 is 0 Å². The van der Waals surface area contributed by atoms with Crippen LogP contribution in [0.25, 0.3) is 0 Å². The Morgan fingerprint density at radius 2 is 1.85 bits per heavy atom. The molecular weight excluding hydrogens is 410 g/mol. The summed E-state index contributed by atoms with van der Waals surface area (Å²) in [5, 5.41) is 19.6. The van der Waals surface area contributed by atoms with Crippen LogP contribution < -0.4 is 9.64 Å². The number of hydrogen-bond donors (Lipinski definition) is 3. The number of hydrogen-bond acceptors (Lipinski definition) is 3. The molecule has 33 heavy (non-hydrogen) atoms. The van der Waals surface area contributed by atoms with Crippen LogP contribution in [0, 0.1) is 12.8 Å². The Labute approximate surface area is 202 Å². The third-order valence-corrected chi connectivity index (χ3v) is 8.09. The summed E-state index contributed by atoms with van der Waals surface area (Å²) in [6.07, 6.45) is 13.4. The van der Waals surface area contributed by atoms with E-state index in [1.165, 1.54) is 62.8 Å². The van der Waals surface area contributed by atoms with Gasteiger partial charge in [-0.15, -0.1) is 0 Å². The summed E-state index contributed by atoms with van der Waals surface area (Å²) in [6.45, 7) is 14.8. The van der Waals surface area contributed by atoms with Gasteiger partial charge in [0.05, 0.1) is 19.7 Å². The van der Waals surface area contributed by atoms with Gasteiger partial charge in [-0.3, -0.25) is 0 Å². The number of fused-ring (bicyclic) bond motifs is 3. The molecule has 0 aromatic heterocycles. The average Bonchev–Trinajstić information content (AvgIpc) is 2.78. The lowest BCUT2D eigenvalue weighted by Crippen LogP contribution is -3.13. The zero-order valence-electron chi connectivity index (χ0n) is 21.8. The summed E-state index contributed by atoms with van der Waals surface area (Å²) in [4.78, 5) is 1.59. The van der Waals surface area contributed by atoms with E-state index >= 15 is 0 Å². The summed E-state index contributed by atoms with van der Waals surface area (Å²) >= 11 is 0. The van der Waals surface area contributed by atoms with Crippen LogP contribution in [-0.4, -0.2) is 42.1 Å². The number of unbranched alkanes of at least 4 members (excludes halogenated alkanes) is 2. The van der Waals surface area contributed by atoms with Gasteiger partial charge in [0, 0.05) is 17.4 Å². The average molecular weight is 459 g/mol. The van der Waals surface area contributed by atoms with E-state index in [4.69, 9.17) is 9.84 Å². The van der Waals surface area contributed by atoms with Crippen molar-refractivity contribution in [2.45, 2.75) is 104 Å². The number of aliphatic hydroxyl groups excluding tert-OH is 1. The van der Waals surface area contributed by atoms with Crippen molar-refractivity contribution < 1.29 is 19.8 Å². The van der Waals surface area contributed by atoms with Crippen LogP contribution in [0.2, 0.25) is 0 Å². The van der Waals surface area contributed by atoms with Crippen molar-refractivity contribution in [1.29, 1.82) is 0 Å². The van der Waals surface area contributed by atoms with Crippen molar-refractivity contribution in [3.63, 3.8) is 0 Å². The number of aliphatic hydroxyl groups is 1. The minimum atomic E-state index is -0.183. The Morgan fingerprint density at radius 1 is 1.12 bits per heavy atom. The summed E-state index contributed by atoms with van der Waals surface area (Å²) in [6, 6.07) is 2.20. The Bertz CT molecular complexity index is 805. The molecule has 4 heteroatoms. The second kappa shape index (κ2) is 11.8. The number of nitrogens with one attached hydrogen (secondary N) is 1. The van der Waals surface area contributed by atoms with Crippen molar-refractivity contribution in [3.05, 3.63) is 34.4 Å². The fourth-order valence-electron chi connectivity index (χ4n) is 6.00. The third kappa shape index (κ3) is 6.33. The molecule has 0 amide bonds. The van der Waals surface area contributed by atoms with Gasteiger partial charge in [0.1, 0.15) is 23.6 Å². The van der Waals surface area contributed by atoms with Crippen molar-refractivity contribution >= 4 is 0 Å². The minimum Gasteiger partial charge on any atom is -0.507 e. The Hall–Kier alpha value is -1.52. The van der Waals surface area contributed by atoms with E-state index in [1.807, 2.05) is 0 Å². The van der Waals surface area contributed by atoms with Crippen LogP contribution in [0.15, 0.2) is 17.7 Å². The van der Waals surface area contributed by atoms with Gasteiger partial charge in [0.15, 0.2) is 0 Å². The van der Waals surface area contributed by atoms with Crippen molar-refractivity contribution in [2.75, 3.05) is 26.2 Å². The molecule has 1 aliphatic carbocycles. The molecule has 4 rings (SSSR count). The van der Waals surface area contributed by atoms with E-state index in [2.05, 4.69) is 46.8 Å². The maximum absolute atomic E-state index is 11.0. The first kappa shape index (κ1) is 26.1. The number of piperidine rings is 1. The number of aromatic hydroxyl groups is 1. The highest BCUT2D eigenvalue weighted by atomic mass is 16.5. The number of aryl methyl sites for hydroxylation is 1. The first-order valence-corrected chi connectivity index (χ1v) is 13.4. The van der Waals surface area contributed by atoms with Gasteiger partial charge in [-0.05, 0) is 89.8 Å². The number of quaternary nitrogens is 1. The largest absolute Gasteiger partial charge is 0.507 e.